The Morgan fingerprint density at radius 3 is 1.70 bits per heavy atom. The van der Waals surface area contributed by atoms with Crippen molar-refractivity contribution in [1.29, 1.82) is 0 Å². The number of carbonyl (C=O) groups is 2. The van der Waals surface area contributed by atoms with Crippen molar-refractivity contribution >= 4 is 34.2 Å². The lowest BCUT2D eigenvalue weighted by atomic mass is 9.69. The van der Waals surface area contributed by atoms with Crippen molar-refractivity contribution in [2.45, 2.75) is 68.2 Å². The van der Waals surface area contributed by atoms with Gasteiger partial charge in [-0.3, -0.25) is 9.59 Å². The Morgan fingerprint density at radius 2 is 1.30 bits per heavy atom. The Bertz CT molecular complexity index is 560. The molecule has 0 aliphatic heterocycles. The van der Waals surface area contributed by atoms with E-state index in [1.54, 1.807) is 6.08 Å². The molecule has 0 heterocycles. The molecule has 0 unspecified atom stereocenters. The summed E-state index contributed by atoms with van der Waals surface area (Å²) >= 11 is 2.14. The molecule has 23 heavy (non-hydrogen) atoms. The minimum atomic E-state index is -0.172. The van der Waals surface area contributed by atoms with Gasteiger partial charge in [-0.05, 0) is 52.3 Å². The maximum absolute atomic E-state index is 11.7. The van der Waals surface area contributed by atoms with Crippen LogP contribution in [-0.4, -0.2) is 11.6 Å². The zero-order valence-electron chi connectivity index (χ0n) is 15.8. The van der Waals surface area contributed by atoms with Gasteiger partial charge in [-0.25, -0.2) is 0 Å². The van der Waals surface area contributed by atoms with Crippen LogP contribution in [-0.2, 0) is 9.59 Å². The van der Waals surface area contributed by atoms with Crippen LogP contribution in [0.25, 0.3) is 0 Å². The molecule has 0 saturated heterocycles. The van der Waals surface area contributed by atoms with Crippen LogP contribution in [0, 0.1) is 21.7 Å². The van der Waals surface area contributed by atoms with E-state index in [9.17, 15) is 9.59 Å². The van der Waals surface area contributed by atoms with Gasteiger partial charge in [0.25, 0.3) is 0 Å². The molecular weight excluding hydrogens is 399 g/mol. The molecular formula is C20H31IO2. The molecule has 0 amide bonds. The van der Waals surface area contributed by atoms with Gasteiger partial charge in [-0.2, -0.15) is 0 Å². The monoisotopic (exact) mass is 430 g/mol. The lowest BCUT2D eigenvalue weighted by Gasteiger charge is -2.36. The first-order chi connectivity index (χ1) is 10.1. The summed E-state index contributed by atoms with van der Waals surface area (Å²) in [5, 5.41) is 0. The first-order valence-electron chi connectivity index (χ1n) is 8.25. The number of hydrogen-bond acceptors (Lipinski definition) is 2. The van der Waals surface area contributed by atoms with Crippen LogP contribution < -0.4 is 0 Å². The molecule has 0 aromatic carbocycles. The summed E-state index contributed by atoms with van der Waals surface area (Å²) in [6, 6.07) is 0. The zero-order chi connectivity index (χ0) is 18.3. The van der Waals surface area contributed by atoms with Crippen molar-refractivity contribution in [1.82, 2.24) is 0 Å². The highest BCUT2D eigenvalue weighted by atomic mass is 127. The maximum atomic E-state index is 11.7. The van der Waals surface area contributed by atoms with Gasteiger partial charge in [0.15, 0.2) is 11.6 Å². The third kappa shape index (κ3) is 5.54. The Hall–Kier alpha value is -0.450. The number of rotatable bonds is 0. The van der Waals surface area contributed by atoms with Gasteiger partial charge >= 0.3 is 0 Å². The van der Waals surface area contributed by atoms with Gasteiger partial charge in [0, 0.05) is 10.8 Å². The van der Waals surface area contributed by atoms with Crippen molar-refractivity contribution in [3.05, 3.63) is 21.8 Å². The van der Waals surface area contributed by atoms with Gasteiger partial charge in [-0.15, -0.1) is 0 Å². The second kappa shape index (κ2) is 6.45. The van der Waals surface area contributed by atoms with Gasteiger partial charge in [0.05, 0.1) is 3.58 Å². The average molecular weight is 430 g/mol. The highest BCUT2D eigenvalue weighted by Gasteiger charge is 2.39. The molecule has 0 atom stereocenters. The van der Waals surface area contributed by atoms with E-state index in [0.29, 0.717) is 5.78 Å². The molecule has 0 radical (unpaired) electrons. The van der Waals surface area contributed by atoms with Crippen LogP contribution in [0.5, 0.6) is 0 Å². The lowest BCUT2D eigenvalue weighted by molar-refractivity contribution is -0.125. The third-order valence-electron chi connectivity index (χ3n) is 4.50. The van der Waals surface area contributed by atoms with Gasteiger partial charge in [0.1, 0.15) is 0 Å². The van der Waals surface area contributed by atoms with Crippen LogP contribution in [0.3, 0.4) is 0 Å². The van der Waals surface area contributed by atoms with Gasteiger partial charge in [0.2, 0.25) is 0 Å². The molecule has 2 aliphatic rings. The van der Waals surface area contributed by atoms with Gasteiger partial charge < -0.3 is 0 Å². The highest BCUT2D eigenvalue weighted by Crippen LogP contribution is 2.43. The number of hydrogen-bond donors (Lipinski definition) is 0. The second-order valence-electron chi connectivity index (χ2n) is 9.62. The van der Waals surface area contributed by atoms with Gasteiger partial charge in [-0.1, -0.05) is 67.5 Å². The predicted molar refractivity (Wildman–Crippen MR) is 106 cm³/mol. The van der Waals surface area contributed by atoms with Crippen molar-refractivity contribution < 1.29 is 9.59 Å². The number of ketones is 2. The Kier molecular flexibility index (Phi) is 5.78. The zero-order valence-corrected chi connectivity index (χ0v) is 18.0. The Morgan fingerprint density at radius 1 is 0.826 bits per heavy atom. The minimum absolute atomic E-state index is 0.155. The van der Waals surface area contributed by atoms with E-state index < -0.39 is 0 Å². The quantitative estimate of drug-likeness (QED) is 0.449. The van der Waals surface area contributed by atoms with Crippen molar-refractivity contribution in [3.63, 3.8) is 0 Å². The number of halogens is 1. The fourth-order valence-corrected chi connectivity index (χ4v) is 5.39. The largest absolute Gasteiger partial charge is 0.294 e. The number of carbonyl (C=O) groups excluding carboxylic acids is 2. The van der Waals surface area contributed by atoms with Crippen molar-refractivity contribution in [2.75, 3.05) is 0 Å². The average Bonchev–Trinajstić information content (AvgIpc) is 2.29. The second-order valence-corrected chi connectivity index (χ2v) is 10.8. The minimum Gasteiger partial charge on any atom is -0.294 e. The number of Topliss-reactive ketones (excluding diaryl/α,β-unsaturated/α-hetero) is 1. The Balaban J connectivity index is 0.000000231. The summed E-state index contributed by atoms with van der Waals surface area (Å²) in [5.74, 6) is 0.555. The summed E-state index contributed by atoms with van der Waals surface area (Å²) in [6.07, 6.45) is 7.73. The first kappa shape index (κ1) is 20.6. The maximum Gasteiger partial charge on any atom is 0.174 e. The normalized spacial score (nSPS) is 26.9. The molecule has 130 valence electrons. The summed E-state index contributed by atoms with van der Waals surface area (Å²) < 4.78 is 0.897. The molecule has 0 bridgehead atoms. The molecule has 0 spiro atoms. The topological polar surface area (TPSA) is 34.1 Å². The molecule has 0 saturated carbocycles. The summed E-state index contributed by atoms with van der Waals surface area (Å²) in [5.41, 5.74) is 0.0400. The van der Waals surface area contributed by atoms with E-state index in [1.165, 1.54) is 0 Å². The van der Waals surface area contributed by atoms with E-state index >= 15 is 0 Å². The fourth-order valence-electron chi connectivity index (χ4n) is 3.81. The molecule has 3 heteroatoms. The van der Waals surface area contributed by atoms with Crippen LogP contribution >= 0.6 is 22.6 Å². The van der Waals surface area contributed by atoms with Crippen LogP contribution in [0.15, 0.2) is 21.8 Å². The van der Waals surface area contributed by atoms with E-state index in [0.717, 1.165) is 16.4 Å². The van der Waals surface area contributed by atoms with E-state index in [1.807, 2.05) is 33.8 Å². The standard InChI is InChI=1S/C10H15IO.C10H16O/c1-9(2)5-7(11)8(12)10(3,4)6-9;1-9(2)6-5-8(11)10(3,4)7-9/h5H,6H2,1-4H3;5-6H,7H2,1-4H3. The molecule has 2 nitrogen and oxygen atoms in total. The van der Waals surface area contributed by atoms with E-state index in [4.69, 9.17) is 0 Å². The van der Waals surface area contributed by atoms with Crippen molar-refractivity contribution in [3.8, 4) is 0 Å². The number of allylic oxidation sites excluding steroid dienone is 4. The molecule has 2 rings (SSSR count). The van der Waals surface area contributed by atoms with E-state index in [-0.39, 0.29) is 27.4 Å². The summed E-state index contributed by atoms with van der Waals surface area (Å²) in [4.78, 5) is 23.0. The van der Waals surface area contributed by atoms with Crippen LogP contribution in [0.4, 0.5) is 0 Å². The Labute approximate surface area is 155 Å². The van der Waals surface area contributed by atoms with Crippen LogP contribution in [0.2, 0.25) is 0 Å². The molecule has 0 N–H and O–H groups in total. The first-order valence-corrected chi connectivity index (χ1v) is 9.33. The third-order valence-corrected chi connectivity index (χ3v) is 5.30. The molecule has 0 fully saturated rings. The molecule has 2 aliphatic carbocycles. The molecule has 0 aromatic rings. The molecule has 0 aromatic heterocycles. The summed E-state index contributed by atoms with van der Waals surface area (Å²) in [7, 11) is 0. The van der Waals surface area contributed by atoms with Crippen molar-refractivity contribution in [2.24, 2.45) is 21.7 Å². The summed E-state index contributed by atoms with van der Waals surface area (Å²) in [6.45, 7) is 16.8. The predicted octanol–water partition coefficient (Wildman–Crippen LogP) is 5.90. The van der Waals surface area contributed by atoms with Crippen LogP contribution in [0.1, 0.15) is 68.2 Å². The smallest absolute Gasteiger partial charge is 0.174 e. The lowest BCUT2D eigenvalue weighted by Crippen LogP contribution is -2.34. The highest BCUT2D eigenvalue weighted by molar-refractivity contribution is 14.1. The fraction of sp³-hybridized carbons (Fsp3) is 0.700. The van der Waals surface area contributed by atoms with E-state index in [2.05, 4.69) is 56.4 Å². The SMILES string of the molecule is CC1(C)C=C(I)C(=O)C(C)(C)C1.CC1(C)C=CC(=O)C(C)(C)C1.